The van der Waals surface area contributed by atoms with Crippen molar-refractivity contribution in [2.24, 2.45) is 5.41 Å². The van der Waals surface area contributed by atoms with E-state index in [4.69, 9.17) is 4.74 Å². The molecule has 0 bridgehead atoms. The molecule has 1 aromatic carbocycles. The van der Waals surface area contributed by atoms with E-state index in [0.717, 1.165) is 11.1 Å². The van der Waals surface area contributed by atoms with Crippen molar-refractivity contribution >= 4 is 11.7 Å². The van der Waals surface area contributed by atoms with Gasteiger partial charge in [0.2, 0.25) is 0 Å². The Morgan fingerprint density at radius 2 is 1.75 bits per heavy atom. The number of hydrogen-bond acceptors (Lipinski definition) is 5. The number of nitrogens with zero attached hydrogens (tertiary/aromatic N) is 2. The average molecular weight is 380 g/mol. The molecule has 1 amide bonds. The minimum Gasteiger partial charge on any atom is -0.503 e. The lowest BCUT2D eigenvalue weighted by molar-refractivity contribution is -0.130. The first-order chi connectivity index (χ1) is 13.2. The number of ketones is 1. The van der Waals surface area contributed by atoms with Crippen molar-refractivity contribution in [3.05, 3.63) is 71.3 Å². The fourth-order valence-corrected chi connectivity index (χ4v) is 3.27. The minimum absolute atomic E-state index is 0.136. The number of aliphatic hydroxyl groups excluding tert-OH is 1. The fourth-order valence-electron chi connectivity index (χ4n) is 3.27. The van der Waals surface area contributed by atoms with Gasteiger partial charge in [-0.2, -0.15) is 0 Å². The van der Waals surface area contributed by atoms with Crippen LogP contribution in [0.15, 0.2) is 60.1 Å². The molecule has 6 nitrogen and oxygen atoms in total. The van der Waals surface area contributed by atoms with Crippen LogP contribution in [0.4, 0.5) is 0 Å². The summed E-state index contributed by atoms with van der Waals surface area (Å²) in [5.41, 5.74) is 0.997. The highest BCUT2D eigenvalue weighted by atomic mass is 16.5. The van der Waals surface area contributed by atoms with Gasteiger partial charge in [0.15, 0.2) is 11.5 Å². The van der Waals surface area contributed by atoms with Gasteiger partial charge in [0.05, 0.1) is 18.7 Å². The van der Waals surface area contributed by atoms with E-state index >= 15 is 0 Å². The Morgan fingerprint density at radius 1 is 1.14 bits per heavy atom. The van der Waals surface area contributed by atoms with Crippen molar-refractivity contribution in [2.45, 2.75) is 33.4 Å². The van der Waals surface area contributed by atoms with E-state index in [-0.39, 0.29) is 17.9 Å². The van der Waals surface area contributed by atoms with Crippen molar-refractivity contribution in [3.63, 3.8) is 0 Å². The quantitative estimate of drug-likeness (QED) is 0.857. The molecule has 0 saturated carbocycles. The van der Waals surface area contributed by atoms with E-state index in [0.29, 0.717) is 5.75 Å². The van der Waals surface area contributed by atoms with Gasteiger partial charge in [0, 0.05) is 24.4 Å². The molecule has 0 fully saturated rings. The summed E-state index contributed by atoms with van der Waals surface area (Å²) in [4.78, 5) is 31.5. The van der Waals surface area contributed by atoms with Gasteiger partial charge in [-0.1, -0.05) is 32.9 Å². The Hall–Kier alpha value is -3.15. The van der Waals surface area contributed by atoms with Crippen LogP contribution in [0.2, 0.25) is 0 Å². The van der Waals surface area contributed by atoms with Crippen LogP contribution in [0.25, 0.3) is 0 Å². The van der Waals surface area contributed by atoms with Gasteiger partial charge in [0.25, 0.3) is 5.91 Å². The minimum atomic E-state index is -0.735. The maximum absolute atomic E-state index is 13.1. The zero-order valence-corrected chi connectivity index (χ0v) is 16.5. The zero-order chi connectivity index (χ0) is 20.5. The smallest absolute Gasteiger partial charge is 0.290 e. The summed E-state index contributed by atoms with van der Waals surface area (Å²) < 4.78 is 5.21. The highest BCUT2D eigenvalue weighted by Crippen LogP contribution is 2.41. The van der Waals surface area contributed by atoms with Crippen molar-refractivity contribution in [1.82, 2.24) is 9.88 Å². The molecule has 1 aliphatic rings. The molecule has 0 spiro atoms. The van der Waals surface area contributed by atoms with Crippen molar-refractivity contribution in [1.29, 1.82) is 0 Å². The molecule has 0 aliphatic carbocycles. The van der Waals surface area contributed by atoms with E-state index in [9.17, 15) is 14.7 Å². The third-order valence-electron chi connectivity index (χ3n) is 4.76. The van der Waals surface area contributed by atoms with Gasteiger partial charge in [-0.05, 0) is 35.4 Å². The van der Waals surface area contributed by atoms with Gasteiger partial charge in [-0.25, -0.2) is 0 Å². The second-order valence-corrected chi connectivity index (χ2v) is 7.81. The Morgan fingerprint density at radius 3 is 2.29 bits per heavy atom. The molecular weight excluding hydrogens is 356 g/mol. The monoisotopic (exact) mass is 380 g/mol. The number of pyridine rings is 1. The van der Waals surface area contributed by atoms with Gasteiger partial charge >= 0.3 is 0 Å². The number of Topliss-reactive ketones (excluding diaryl/α,β-unsaturated/α-hetero) is 1. The van der Waals surface area contributed by atoms with Crippen LogP contribution < -0.4 is 4.74 Å². The molecule has 0 radical (unpaired) electrons. The fraction of sp³-hybridized carbons (Fsp3) is 0.318. The molecule has 1 N–H and O–H groups in total. The first-order valence-electron chi connectivity index (χ1n) is 9.05. The number of ether oxygens (including phenoxy) is 1. The predicted octanol–water partition coefficient (Wildman–Crippen LogP) is 3.60. The van der Waals surface area contributed by atoms with Crippen LogP contribution in [0.1, 0.15) is 37.9 Å². The van der Waals surface area contributed by atoms with Crippen LogP contribution >= 0.6 is 0 Å². The van der Waals surface area contributed by atoms with Crippen LogP contribution in [0.5, 0.6) is 5.75 Å². The van der Waals surface area contributed by atoms with E-state index in [1.807, 2.05) is 12.1 Å². The van der Waals surface area contributed by atoms with Crippen molar-refractivity contribution in [2.75, 3.05) is 7.11 Å². The molecule has 2 heterocycles. The number of aliphatic hydroxyl groups is 1. The summed E-state index contributed by atoms with van der Waals surface area (Å²) in [6.07, 6.45) is 3.29. The first kappa shape index (κ1) is 19.6. The zero-order valence-electron chi connectivity index (χ0n) is 16.5. The maximum Gasteiger partial charge on any atom is 0.290 e. The molecular formula is C22H24N2O4. The summed E-state index contributed by atoms with van der Waals surface area (Å²) in [7, 11) is 1.57. The molecule has 3 rings (SSSR count). The van der Waals surface area contributed by atoms with Gasteiger partial charge in [0.1, 0.15) is 5.75 Å². The maximum atomic E-state index is 13.1. The summed E-state index contributed by atoms with van der Waals surface area (Å²) >= 11 is 0. The largest absolute Gasteiger partial charge is 0.503 e. The Kier molecular flexibility index (Phi) is 5.23. The topological polar surface area (TPSA) is 79.7 Å². The third kappa shape index (κ3) is 3.63. The summed E-state index contributed by atoms with van der Waals surface area (Å²) in [6.45, 7) is 5.58. The van der Waals surface area contributed by atoms with Crippen LogP contribution in [0, 0.1) is 5.41 Å². The SMILES string of the molecule is COc1ccc(C2C(C(=O)C(C)(C)C)=C(O)C(=O)N2Cc2ccncc2)cc1. The molecule has 1 atom stereocenters. The molecule has 2 aromatic rings. The van der Waals surface area contributed by atoms with Gasteiger partial charge in [-0.3, -0.25) is 14.6 Å². The lowest BCUT2D eigenvalue weighted by atomic mass is 9.82. The highest BCUT2D eigenvalue weighted by Gasteiger charge is 2.45. The lowest BCUT2D eigenvalue weighted by Gasteiger charge is -2.29. The predicted molar refractivity (Wildman–Crippen MR) is 105 cm³/mol. The third-order valence-corrected chi connectivity index (χ3v) is 4.76. The number of rotatable bonds is 5. The number of amides is 1. The number of benzene rings is 1. The van der Waals surface area contributed by atoms with Crippen molar-refractivity contribution < 1.29 is 19.4 Å². The summed E-state index contributed by atoms with van der Waals surface area (Å²) in [6, 6.07) is 10.1. The second-order valence-electron chi connectivity index (χ2n) is 7.81. The number of hydrogen-bond donors (Lipinski definition) is 1. The van der Waals surface area contributed by atoms with Gasteiger partial charge in [-0.15, -0.1) is 0 Å². The highest BCUT2D eigenvalue weighted by molar-refractivity contribution is 6.10. The summed E-state index contributed by atoms with van der Waals surface area (Å²) in [5, 5.41) is 10.6. The molecule has 146 valence electrons. The number of carbonyl (C=O) groups excluding carboxylic acids is 2. The molecule has 28 heavy (non-hydrogen) atoms. The summed E-state index contributed by atoms with van der Waals surface area (Å²) in [5.74, 6) is -0.609. The Labute approximate surface area is 164 Å². The number of carbonyl (C=O) groups is 2. The van der Waals surface area contributed by atoms with Crippen LogP contribution in [-0.2, 0) is 16.1 Å². The van der Waals surface area contributed by atoms with E-state index in [2.05, 4.69) is 4.98 Å². The standard InChI is InChI=1S/C22H24N2O4/c1-22(2,3)20(26)17-18(15-5-7-16(28-4)8-6-15)24(21(27)19(17)25)13-14-9-11-23-12-10-14/h5-12,18,25H,13H2,1-4H3. The van der Waals surface area contributed by atoms with Gasteiger partial charge < -0.3 is 14.7 Å². The first-order valence-corrected chi connectivity index (χ1v) is 9.05. The number of methoxy groups -OCH3 is 1. The molecule has 0 saturated heterocycles. The Bertz CT molecular complexity index is 912. The Balaban J connectivity index is 2.08. The normalized spacial score (nSPS) is 17.2. The van der Waals surface area contributed by atoms with E-state index in [1.165, 1.54) is 4.90 Å². The average Bonchev–Trinajstić information content (AvgIpc) is 2.92. The lowest BCUT2D eigenvalue weighted by Crippen LogP contribution is -2.32. The van der Waals surface area contributed by atoms with E-state index < -0.39 is 23.1 Å². The molecule has 6 heteroatoms. The van der Waals surface area contributed by atoms with E-state index in [1.54, 1.807) is 64.5 Å². The molecule has 1 unspecified atom stereocenters. The number of aromatic nitrogens is 1. The van der Waals surface area contributed by atoms with Crippen LogP contribution in [-0.4, -0.2) is 33.8 Å². The second kappa shape index (κ2) is 7.46. The molecule has 1 aliphatic heterocycles. The van der Waals surface area contributed by atoms with Crippen molar-refractivity contribution in [3.8, 4) is 5.75 Å². The van der Waals surface area contributed by atoms with Crippen LogP contribution in [0.3, 0.4) is 0 Å². The molecule has 1 aromatic heterocycles.